The molecule has 21 heavy (non-hydrogen) atoms. The van der Waals surface area contributed by atoms with Crippen LogP contribution >= 0.6 is 11.3 Å². The molecule has 5 nitrogen and oxygen atoms in total. The number of nitrogens with zero attached hydrogens (tertiary/aromatic N) is 1. The number of nitrogens with one attached hydrogen (secondary N) is 1. The molecule has 0 spiro atoms. The lowest BCUT2D eigenvalue weighted by Gasteiger charge is -2.24. The zero-order chi connectivity index (χ0) is 15.8. The van der Waals surface area contributed by atoms with Gasteiger partial charge in [0.2, 0.25) is 10.0 Å². The molecule has 1 N–H and O–H groups in total. The van der Waals surface area contributed by atoms with Gasteiger partial charge in [-0.3, -0.25) is 9.36 Å². The summed E-state index contributed by atoms with van der Waals surface area (Å²) in [5.74, 6) is 0. The van der Waals surface area contributed by atoms with Crippen molar-refractivity contribution in [3.05, 3.63) is 27.9 Å². The average Bonchev–Trinajstić information content (AvgIpc) is 2.71. The number of aromatic nitrogens is 1. The zero-order valence-electron chi connectivity index (χ0n) is 12.6. The molecule has 1 aromatic heterocycles. The van der Waals surface area contributed by atoms with E-state index in [0.717, 1.165) is 16.9 Å². The second-order valence-electron chi connectivity index (χ2n) is 5.58. The molecule has 0 aliphatic carbocycles. The molecule has 0 unspecified atom stereocenters. The minimum Gasteiger partial charge on any atom is -0.299 e. The van der Waals surface area contributed by atoms with Gasteiger partial charge < -0.3 is 0 Å². The molecule has 0 aliphatic rings. The Bertz CT molecular complexity index is 816. The lowest BCUT2D eigenvalue weighted by molar-refractivity contribution is 0.439. The molecule has 7 heteroatoms. The van der Waals surface area contributed by atoms with Crippen LogP contribution in [0.4, 0.5) is 0 Å². The molecule has 2 aromatic rings. The van der Waals surface area contributed by atoms with Gasteiger partial charge in [-0.05, 0) is 45.4 Å². The van der Waals surface area contributed by atoms with Crippen LogP contribution in [0.25, 0.3) is 10.2 Å². The highest BCUT2D eigenvalue weighted by molar-refractivity contribution is 7.89. The molecule has 0 bridgehead atoms. The quantitative estimate of drug-likeness (QED) is 0.917. The highest BCUT2D eigenvalue weighted by atomic mass is 32.2. The largest absolute Gasteiger partial charge is 0.308 e. The Hall–Kier alpha value is -1.18. The lowest BCUT2D eigenvalue weighted by Crippen LogP contribution is -2.42. The number of benzene rings is 1. The summed E-state index contributed by atoms with van der Waals surface area (Å²) in [6.07, 6.45) is 0.689. The lowest BCUT2D eigenvalue weighted by atomic mass is 10.0. The zero-order valence-corrected chi connectivity index (χ0v) is 14.3. The summed E-state index contributed by atoms with van der Waals surface area (Å²) in [6, 6.07) is 4.82. The number of hydrogen-bond donors (Lipinski definition) is 1. The van der Waals surface area contributed by atoms with Crippen molar-refractivity contribution >= 4 is 31.6 Å². The molecular weight excluding hydrogens is 308 g/mol. The van der Waals surface area contributed by atoms with Gasteiger partial charge in [-0.25, -0.2) is 13.1 Å². The first-order valence-electron chi connectivity index (χ1n) is 6.87. The van der Waals surface area contributed by atoms with E-state index in [1.54, 1.807) is 22.8 Å². The number of sulfonamides is 1. The number of hydrogen-bond acceptors (Lipinski definition) is 4. The molecule has 0 saturated heterocycles. The van der Waals surface area contributed by atoms with Crippen LogP contribution in [0, 0.1) is 0 Å². The molecule has 1 heterocycles. The molecule has 0 saturated carbocycles. The molecule has 116 valence electrons. The first-order valence-corrected chi connectivity index (χ1v) is 9.17. The number of fused-ring (bicyclic) bond motifs is 1. The summed E-state index contributed by atoms with van der Waals surface area (Å²) in [6.45, 7) is 8.08. The van der Waals surface area contributed by atoms with Crippen LogP contribution in [-0.2, 0) is 16.6 Å². The van der Waals surface area contributed by atoms with E-state index in [4.69, 9.17) is 0 Å². The highest BCUT2D eigenvalue weighted by Crippen LogP contribution is 2.23. The fraction of sp³-hybridized carbons (Fsp3) is 0.500. The Labute approximate surface area is 128 Å². The fourth-order valence-electron chi connectivity index (χ4n) is 2.01. The van der Waals surface area contributed by atoms with E-state index in [-0.39, 0.29) is 9.77 Å². The molecule has 0 fully saturated rings. The van der Waals surface area contributed by atoms with Gasteiger partial charge in [-0.1, -0.05) is 18.3 Å². The van der Waals surface area contributed by atoms with Gasteiger partial charge in [0, 0.05) is 12.1 Å². The van der Waals surface area contributed by atoms with Crippen LogP contribution < -0.4 is 9.60 Å². The third kappa shape index (κ3) is 3.20. The average molecular weight is 328 g/mol. The summed E-state index contributed by atoms with van der Waals surface area (Å²) in [5.41, 5.74) is 0.275. The second kappa shape index (κ2) is 5.55. The van der Waals surface area contributed by atoms with Crippen molar-refractivity contribution in [2.75, 3.05) is 0 Å². The fourth-order valence-corrected chi connectivity index (χ4v) is 4.59. The first kappa shape index (κ1) is 16.2. The van der Waals surface area contributed by atoms with E-state index in [1.807, 2.05) is 27.7 Å². The van der Waals surface area contributed by atoms with Crippen LogP contribution in [0.1, 0.15) is 34.1 Å². The van der Waals surface area contributed by atoms with E-state index in [9.17, 15) is 13.2 Å². The normalized spacial score (nSPS) is 13.0. The molecule has 2 rings (SSSR count). The predicted octanol–water partition coefficient (Wildman–Crippen LogP) is 2.55. The van der Waals surface area contributed by atoms with Crippen LogP contribution in [0.5, 0.6) is 0 Å². The molecule has 0 atom stereocenters. The molecule has 0 aliphatic heterocycles. The van der Waals surface area contributed by atoms with Crippen molar-refractivity contribution in [1.29, 1.82) is 0 Å². The summed E-state index contributed by atoms with van der Waals surface area (Å²) < 4.78 is 29.9. The van der Waals surface area contributed by atoms with Gasteiger partial charge in [-0.2, -0.15) is 0 Å². The summed E-state index contributed by atoms with van der Waals surface area (Å²) in [4.78, 5) is 12.0. The van der Waals surface area contributed by atoms with Crippen LogP contribution in [-0.4, -0.2) is 18.5 Å². The van der Waals surface area contributed by atoms with Crippen molar-refractivity contribution in [2.45, 2.75) is 51.1 Å². The van der Waals surface area contributed by atoms with E-state index in [2.05, 4.69) is 4.72 Å². The van der Waals surface area contributed by atoms with Crippen molar-refractivity contribution in [2.24, 2.45) is 0 Å². The highest BCUT2D eigenvalue weighted by Gasteiger charge is 2.25. The van der Waals surface area contributed by atoms with Crippen LogP contribution in [0.15, 0.2) is 27.9 Å². The van der Waals surface area contributed by atoms with Crippen molar-refractivity contribution in [1.82, 2.24) is 9.29 Å². The van der Waals surface area contributed by atoms with Crippen molar-refractivity contribution < 1.29 is 8.42 Å². The van der Waals surface area contributed by atoms with E-state index in [0.29, 0.717) is 17.7 Å². The van der Waals surface area contributed by atoms with Gasteiger partial charge in [0.25, 0.3) is 0 Å². The number of aryl methyl sites for hydroxylation is 1. The second-order valence-corrected chi connectivity index (χ2v) is 8.26. The minimum absolute atomic E-state index is 0.0658. The van der Waals surface area contributed by atoms with Crippen molar-refractivity contribution in [3.8, 4) is 0 Å². The Kier molecular flexibility index (Phi) is 4.28. The van der Waals surface area contributed by atoms with Gasteiger partial charge in [0.15, 0.2) is 0 Å². The summed E-state index contributed by atoms with van der Waals surface area (Å²) >= 11 is 1.07. The Balaban J connectivity index is 2.51. The number of thiazole rings is 1. The van der Waals surface area contributed by atoms with Crippen LogP contribution in [0.2, 0.25) is 0 Å². The van der Waals surface area contributed by atoms with Crippen LogP contribution in [0.3, 0.4) is 0 Å². The first-order chi connectivity index (χ1) is 9.70. The van der Waals surface area contributed by atoms with E-state index >= 15 is 0 Å². The predicted molar refractivity (Wildman–Crippen MR) is 86.5 cm³/mol. The molecule has 1 aromatic carbocycles. The van der Waals surface area contributed by atoms with E-state index < -0.39 is 15.6 Å². The maximum Gasteiger partial charge on any atom is 0.308 e. The molecule has 0 radical (unpaired) electrons. The van der Waals surface area contributed by atoms with Gasteiger partial charge in [-0.15, -0.1) is 0 Å². The number of rotatable bonds is 5. The Morgan fingerprint density at radius 2 is 1.95 bits per heavy atom. The smallest absolute Gasteiger partial charge is 0.299 e. The SMILES string of the molecule is CCn1c(=O)sc2cc(S(=O)(=O)NC(C)(C)CC)ccc21. The van der Waals surface area contributed by atoms with Crippen molar-refractivity contribution in [3.63, 3.8) is 0 Å². The molecular formula is C14H20N2O3S2. The van der Waals surface area contributed by atoms with E-state index in [1.165, 1.54) is 0 Å². The monoisotopic (exact) mass is 328 g/mol. The maximum atomic E-state index is 12.4. The minimum atomic E-state index is -3.59. The topological polar surface area (TPSA) is 68.2 Å². The van der Waals surface area contributed by atoms with Gasteiger partial charge >= 0.3 is 4.87 Å². The third-order valence-electron chi connectivity index (χ3n) is 3.56. The Morgan fingerprint density at radius 3 is 2.52 bits per heavy atom. The summed E-state index contributed by atoms with van der Waals surface area (Å²) in [5, 5.41) is 0. The molecule has 0 amide bonds. The van der Waals surface area contributed by atoms with Gasteiger partial charge in [0.05, 0.1) is 15.1 Å². The Morgan fingerprint density at radius 1 is 1.29 bits per heavy atom. The van der Waals surface area contributed by atoms with Gasteiger partial charge in [0.1, 0.15) is 0 Å². The third-order valence-corrected chi connectivity index (χ3v) is 6.20. The standard InChI is InChI=1S/C14H20N2O3S2/c1-5-14(3,4)15-21(18,19)10-7-8-11-12(9-10)20-13(17)16(11)6-2/h7-9,15H,5-6H2,1-4H3. The summed E-state index contributed by atoms with van der Waals surface area (Å²) in [7, 11) is -3.59. The maximum absolute atomic E-state index is 12.4.